The van der Waals surface area contributed by atoms with E-state index in [2.05, 4.69) is 21.0 Å². The first kappa shape index (κ1) is 12.3. The van der Waals surface area contributed by atoms with Crippen molar-refractivity contribution in [1.29, 1.82) is 0 Å². The Balaban J connectivity index is 2.20. The van der Waals surface area contributed by atoms with Gasteiger partial charge in [0.15, 0.2) is 17.3 Å². The molecule has 2 heterocycles. The Morgan fingerprint density at radius 3 is 2.47 bits per heavy atom. The summed E-state index contributed by atoms with van der Waals surface area (Å²) in [7, 11) is 1.87. The second-order valence-electron chi connectivity index (χ2n) is 4.48. The molecule has 1 aliphatic rings. The first-order valence-corrected chi connectivity index (χ1v) is 6.76. The Kier molecular flexibility index (Phi) is 2.89. The number of halogens is 1. The van der Waals surface area contributed by atoms with E-state index in [9.17, 15) is 0 Å². The molecule has 3 rings (SSSR count). The maximum absolute atomic E-state index is 5.83. The van der Waals surface area contributed by atoms with Gasteiger partial charge in [-0.25, -0.2) is 0 Å². The summed E-state index contributed by atoms with van der Waals surface area (Å²) in [5, 5.41) is 4.22. The highest BCUT2D eigenvalue weighted by Gasteiger charge is 2.20. The second-order valence-corrected chi connectivity index (χ2v) is 5.28. The molecule has 0 atom stereocenters. The highest BCUT2D eigenvalue weighted by Crippen LogP contribution is 2.40. The fourth-order valence-corrected chi connectivity index (χ4v) is 2.81. The molecule has 0 spiro atoms. The summed E-state index contributed by atoms with van der Waals surface area (Å²) in [5.74, 6) is 2.03. The Labute approximate surface area is 119 Å². The average molecular weight is 324 g/mol. The maximum atomic E-state index is 5.83. The summed E-state index contributed by atoms with van der Waals surface area (Å²) < 4.78 is 13.8. The van der Waals surface area contributed by atoms with Gasteiger partial charge in [-0.05, 0) is 40.5 Å². The summed E-state index contributed by atoms with van der Waals surface area (Å²) in [5.41, 5.74) is 8.89. The molecule has 6 heteroatoms. The number of hydrogen-bond acceptors (Lipinski definition) is 4. The van der Waals surface area contributed by atoms with E-state index in [0.717, 1.165) is 32.8 Å². The number of fused-ring (bicyclic) bond motifs is 1. The van der Waals surface area contributed by atoms with E-state index >= 15 is 0 Å². The van der Waals surface area contributed by atoms with E-state index in [1.165, 1.54) is 0 Å². The number of hydrogen-bond donors (Lipinski definition) is 1. The van der Waals surface area contributed by atoms with Crippen molar-refractivity contribution in [3.8, 4) is 22.8 Å². The van der Waals surface area contributed by atoms with Gasteiger partial charge in [0.25, 0.3) is 0 Å². The van der Waals surface area contributed by atoms with Gasteiger partial charge in [-0.15, -0.1) is 0 Å². The molecular formula is C13H14BrN3O2. The van der Waals surface area contributed by atoms with Crippen LogP contribution in [0.4, 0.5) is 5.82 Å². The van der Waals surface area contributed by atoms with Crippen LogP contribution < -0.4 is 15.2 Å². The number of benzene rings is 1. The summed E-state index contributed by atoms with van der Waals surface area (Å²) in [6, 6.07) is 3.96. The summed E-state index contributed by atoms with van der Waals surface area (Å²) in [4.78, 5) is 0. The number of aryl methyl sites for hydroxylation is 2. The van der Waals surface area contributed by atoms with Crippen molar-refractivity contribution in [2.24, 2.45) is 7.05 Å². The lowest BCUT2D eigenvalue weighted by atomic mass is 10.0. The van der Waals surface area contributed by atoms with E-state index in [1.54, 1.807) is 4.68 Å². The topological polar surface area (TPSA) is 62.3 Å². The molecule has 5 nitrogen and oxygen atoms in total. The van der Waals surface area contributed by atoms with E-state index in [-0.39, 0.29) is 0 Å². The monoisotopic (exact) mass is 323 g/mol. The molecule has 0 radical (unpaired) electrons. The number of ether oxygens (including phenoxy) is 2. The number of nitrogens with two attached hydrogens (primary N) is 1. The zero-order chi connectivity index (χ0) is 13.6. The number of aromatic nitrogens is 2. The third-order valence-corrected chi connectivity index (χ3v) is 3.94. The van der Waals surface area contributed by atoms with Crippen LogP contribution in [-0.2, 0) is 7.05 Å². The summed E-state index contributed by atoms with van der Waals surface area (Å²) in [6.07, 6.45) is 0. The fraction of sp³-hybridized carbons (Fsp3) is 0.308. The van der Waals surface area contributed by atoms with Gasteiger partial charge in [0.1, 0.15) is 13.2 Å². The van der Waals surface area contributed by atoms with Crippen molar-refractivity contribution in [2.45, 2.75) is 6.92 Å². The predicted octanol–water partition coefficient (Wildman–Crippen LogP) is 2.51. The molecule has 1 aromatic heterocycles. The highest BCUT2D eigenvalue weighted by atomic mass is 79.9. The standard InChI is InChI=1S/C13H14BrN3O2/c1-7-5-9-10(19-4-3-18-9)6-8(7)12-11(14)13(15)16-17(12)2/h5-6H,3-4H2,1-2H3,(H2,15,16). The molecule has 2 N–H and O–H groups in total. The first-order chi connectivity index (χ1) is 9.08. The van der Waals surface area contributed by atoms with Crippen LogP contribution in [0.3, 0.4) is 0 Å². The van der Waals surface area contributed by atoms with Crippen molar-refractivity contribution >= 4 is 21.7 Å². The van der Waals surface area contributed by atoms with Gasteiger partial charge in [-0.1, -0.05) is 0 Å². The van der Waals surface area contributed by atoms with Crippen LogP contribution in [0, 0.1) is 6.92 Å². The molecule has 0 saturated heterocycles. The van der Waals surface area contributed by atoms with Crippen LogP contribution in [0.15, 0.2) is 16.6 Å². The molecule has 0 fully saturated rings. The summed E-state index contributed by atoms with van der Waals surface area (Å²) in [6.45, 7) is 3.20. The molecule has 0 bridgehead atoms. The van der Waals surface area contributed by atoms with Crippen LogP contribution in [0.2, 0.25) is 0 Å². The molecule has 19 heavy (non-hydrogen) atoms. The van der Waals surface area contributed by atoms with Crippen molar-refractivity contribution in [2.75, 3.05) is 18.9 Å². The van der Waals surface area contributed by atoms with Gasteiger partial charge in [-0.2, -0.15) is 5.10 Å². The largest absolute Gasteiger partial charge is 0.486 e. The van der Waals surface area contributed by atoms with Crippen LogP contribution in [0.25, 0.3) is 11.3 Å². The lowest BCUT2D eigenvalue weighted by Gasteiger charge is -2.20. The molecule has 100 valence electrons. The normalized spacial score (nSPS) is 13.6. The fourth-order valence-electron chi connectivity index (χ4n) is 2.26. The molecule has 1 aliphatic heterocycles. The first-order valence-electron chi connectivity index (χ1n) is 5.96. The molecule has 0 amide bonds. The lowest BCUT2D eigenvalue weighted by molar-refractivity contribution is 0.171. The van der Waals surface area contributed by atoms with E-state index in [0.29, 0.717) is 19.0 Å². The number of anilines is 1. The lowest BCUT2D eigenvalue weighted by Crippen LogP contribution is -2.15. The van der Waals surface area contributed by atoms with Gasteiger partial charge in [-0.3, -0.25) is 4.68 Å². The highest BCUT2D eigenvalue weighted by molar-refractivity contribution is 9.10. The van der Waals surface area contributed by atoms with E-state index in [4.69, 9.17) is 15.2 Å². The molecule has 2 aromatic rings. The maximum Gasteiger partial charge on any atom is 0.162 e. The van der Waals surface area contributed by atoms with Gasteiger partial charge >= 0.3 is 0 Å². The smallest absolute Gasteiger partial charge is 0.162 e. The number of rotatable bonds is 1. The minimum absolute atomic E-state index is 0.479. The molecule has 0 aliphatic carbocycles. The average Bonchev–Trinajstić information content (AvgIpc) is 2.63. The van der Waals surface area contributed by atoms with Crippen LogP contribution >= 0.6 is 15.9 Å². The Bertz CT molecular complexity index is 652. The molecular weight excluding hydrogens is 310 g/mol. The molecule has 1 aromatic carbocycles. The SMILES string of the molecule is Cc1cc2c(cc1-c1c(Br)c(N)nn1C)OCCO2. The van der Waals surface area contributed by atoms with Crippen LogP contribution in [-0.4, -0.2) is 23.0 Å². The van der Waals surface area contributed by atoms with Gasteiger partial charge in [0.05, 0.1) is 10.2 Å². The molecule has 0 unspecified atom stereocenters. The van der Waals surface area contributed by atoms with Gasteiger partial charge < -0.3 is 15.2 Å². The van der Waals surface area contributed by atoms with E-state index in [1.807, 2.05) is 26.1 Å². The zero-order valence-electron chi connectivity index (χ0n) is 10.7. The Morgan fingerprint density at radius 2 is 1.89 bits per heavy atom. The van der Waals surface area contributed by atoms with Gasteiger partial charge in [0.2, 0.25) is 0 Å². The second kappa shape index (κ2) is 4.45. The Hall–Kier alpha value is -1.69. The van der Waals surface area contributed by atoms with Crippen LogP contribution in [0.1, 0.15) is 5.56 Å². The summed E-state index contributed by atoms with van der Waals surface area (Å²) >= 11 is 3.49. The minimum atomic E-state index is 0.479. The Morgan fingerprint density at radius 1 is 1.26 bits per heavy atom. The van der Waals surface area contributed by atoms with Crippen molar-refractivity contribution in [3.05, 3.63) is 22.2 Å². The van der Waals surface area contributed by atoms with Crippen molar-refractivity contribution in [1.82, 2.24) is 9.78 Å². The zero-order valence-corrected chi connectivity index (χ0v) is 12.3. The van der Waals surface area contributed by atoms with Crippen molar-refractivity contribution < 1.29 is 9.47 Å². The van der Waals surface area contributed by atoms with E-state index < -0.39 is 0 Å². The van der Waals surface area contributed by atoms with Gasteiger partial charge in [0, 0.05) is 12.6 Å². The minimum Gasteiger partial charge on any atom is -0.486 e. The predicted molar refractivity (Wildman–Crippen MR) is 76.5 cm³/mol. The van der Waals surface area contributed by atoms with Crippen molar-refractivity contribution in [3.63, 3.8) is 0 Å². The number of nitrogen functional groups attached to an aromatic ring is 1. The number of nitrogens with zero attached hydrogens (tertiary/aromatic N) is 2. The van der Waals surface area contributed by atoms with Crippen LogP contribution in [0.5, 0.6) is 11.5 Å². The third kappa shape index (κ3) is 1.96. The molecule has 0 saturated carbocycles. The quantitative estimate of drug-likeness (QED) is 0.875. The third-order valence-electron chi connectivity index (χ3n) is 3.16.